The third-order valence-corrected chi connectivity index (χ3v) is 3.58. The molecule has 0 saturated heterocycles. The monoisotopic (exact) mass is 294 g/mol. The van der Waals surface area contributed by atoms with Crippen LogP contribution < -0.4 is 10.6 Å². The standard InChI is InChI=1S/C16H30N4O/c1-3-4-5-6-7-8-9-10-11-18-15-12-19-20(13-15)14-16(21)17-2/h12-13,18H,3-11,14H2,1-2H3,(H,17,21). The Hall–Kier alpha value is -1.52. The van der Waals surface area contributed by atoms with Crippen LogP contribution in [0.2, 0.25) is 0 Å². The van der Waals surface area contributed by atoms with Gasteiger partial charge in [-0.3, -0.25) is 9.48 Å². The average Bonchev–Trinajstić information content (AvgIpc) is 2.93. The van der Waals surface area contributed by atoms with Crippen molar-refractivity contribution < 1.29 is 4.79 Å². The van der Waals surface area contributed by atoms with E-state index in [0.29, 0.717) is 0 Å². The van der Waals surface area contributed by atoms with Crippen LogP contribution in [0, 0.1) is 0 Å². The molecule has 5 heteroatoms. The highest BCUT2D eigenvalue weighted by Gasteiger charge is 2.02. The van der Waals surface area contributed by atoms with Crippen LogP contribution in [0.25, 0.3) is 0 Å². The third kappa shape index (κ3) is 8.38. The van der Waals surface area contributed by atoms with E-state index in [1.807, 2.05) is 6.20 Å². The van der Waals surface area contributed by atoms with Crippen LogP contribution in [-0.4, -0.2) is 29.3 Å². The van der Waals surface area contributed by atoms with Crippen LogP contribution in [0.15, 0.2) is 12.4 Å². The molecule has 120 valence electrons. The summed E-state index contributed by atoms with van der Waals surface area (Å²) in [5.74, 6) is -0.0345. The first-order chi connectivity index (χ1) is 10.3. The summed E-state index contributed by atoms with van der Waals surface area (Å²) in [5, 5.41) is 10.1. The van der Waals surface area contributed by atoms with Crippen LogP contribution in [0.3, 0.4) is 0 Å². The van der Waals surface area contributed by atoms with Crippen molar-refractivity contribution in [1.29, 1.82) is 0 Å². The number of anilines is 1. The van der Waals surface area contributed by atoms with Crippen LogP contribution in [0.5, 0.6) is 0 Å². The predicted molar refractivity (Wildman–Crippen MR) is 87.4 cm³/mol. The van der Waals surface area contributed by atoms with Crippen molar-refractivity contribution in [2.45, 2.75) is 64.8 Å². The van der Waals surface area contributed by atoms with E-state index in [4.69, 9.17) is 0 Å². The van der Waals surface area contributed by atoms with Crippen LogP contribution in [0.1, 0.15) is 58.3 Å². The zero-order valence-electron chi connectivity index (χ0n) is 13.5. The fraction of sp³-hybridized carbons (Fsp3) is 0.750. The molecule has 0 aromatic carbocycles. The van der Waals surface area contributed by atoms with Gasteiger partial charge in [0.05, 0.1) is 11.9 Å². The molecule has 0 aliphatic carbocycles. The third-order valence-electron chi connectivity index (χ3n) is 3.58. The lowest BCUT2D eigenvalue weighted by atomic mass is 10.1. The summed E-state index contributed by atoms with van der Waals surface area (Å²) in [7, 11) is 1.63. The van der Waals surface area contributed by atoms with E-state index in [0.717, 1.165) is 12.2 Å². The minimum atomic E-state index is -0.0345. The second-order valence-electron chi connectivity index (χ2n) is 5.50. The number of rotatable bonds is 12. The van der Waals surface area contributed by atoms with Crippen molar-refractivity contribution in [3.8, 4) is 0 Å². The van der Waals surface area contributed by atoms with E-state index in [1.54, 1.807) is 17.9 Å². The van der Waals surface area contributed by atoms with Crippen molar-refractivity contribution in [2.24, 2.45) is 0 Å². The molecule has 1 heterocycles. The number of aromatic nitrogens is 2. The molecule has 2 N–H and O–H groups in total. The molecule has 0 aliphatic rings. The molecule has 0 aliphatic heterocycles. The minimum Gasteiger partial charge on any atom is -0.383 e. The first-order valence-electron chi connectivity index (χ1n) is 8.23. The summed E-state index contributed by atoms with van der Waals surface area (Å²) < 4.78 is 1.65. The van der Waals surface area contributed by atoms with E-state index < -0.39 is 0 Å². The molecule has 1 aromatic rings. The molecule has 0 spiro atoms. The van der Waals surface area contributed by atoms with Gasteiger partial charge >= 0.3 is 0 Å². The van der Waals surface area contributed by atoms with Crippen LogP contribution in [-0.2, 0) is 11.3 Å². The van der Waals surface area contributed by atoms with E-state index in [1.165, 1.54) is 51.4 Å². The maximum Gasteiger partial charge on any atom is 0.241 e. The Bertz CT molecular complexity index is 389. The first-order valence-corrected chi connectivity index (χ1v) is 8.23. The number of amides is 1. The van der Waals surface area contributed by atoms with Gasteiger partial charge in [-0.2, -0.15) is 5.10 Å². The van der Waals surface area contributed by atoms with Gasteiger partial charge in [-0.15, -0.1) is 0 Å². The van der Waals surface area contributed by atoms with Crippen molar-refractivity contribution in [1.82, 2.24) is 15.1 Å². The van der Waals surface area contributed by atoms with Crippen molar-refractivity contribution in [3.63, 3.8) is 0 Å². The predicted octanol–water partition coefficient (Wildman–Crippen LogP) is 3.18. The van der Waals surface area contributed by atoms with E-state index in [-0.39, 0.29) is 12.5 Å². The number of unbranched alkanes of at least 4 members (excludes halogenated alkanes) is 7. The molecule has 5 nitrogen and oxygen atoms in total. The zero-order valence-corrected chi connectivity index (χ0v) is 13.5. The van der Waals surface area contributed by atoms with Gasteiger partial charge in [-0.05, 0) is 6.42 Å². The maximum absolute atomic E-state index is 11.2. The topological polar surface area (TPSA) is 59.0 Å². The number of likely N-dealkylation sites (N-methyl/N-ethyl adjacent to an activating group) is 1. The molecule has 1 rings (SSSR count). The van der Waals surface area contributed by atoms with Crippen LogP contribution >= 0.6 is 0 Å². The lowest BCUT2D eigenvalue weighted by Gasteiger charge is -2.04. The summed E-state index contributed by atoms with van der Waals surface area (Å²) in [6.45, 7) is 3.50. The van der Waals surface area contributed by atoms with Crippen LogP contribution in [0.4, 0.5) is 5.69 Å². The normalized spacial score (nSPS) is 10.6. The Morgan fingerprint density at radius 2 is 1.81 bits per heavy atom. The van der Waals surface area contributed by atoms with Gasteiger partial charge in [0.25, 0.3) is 0 Å². The summed E-state index contributed by atoms with van der Waals surface area (Å²) in [4.78, 5) is 11.2. The molecule has 1 amide bonds. The number of carbonyl (C=O) groups excluding carboxylic acids is 1. The lowest BCUT2D eigenvalue weighted by molar-refractivity contribution is -0.121. The largest absolute Gasteiger partial charge is 0.383 e. The molecule has 0 radical (unpaired) electrons. The SMILES string of the molecule is CCCCCCCCCCNc1cnn(CC(=O)NC)c1. The smallest absolute Gasteiger partial charge is 0.241 e. The second kappa shape index (κ2) is 11.2. The molecule has 21 heavy (non-hydrogen) atoms. The maximum atomic E-state index is 11.2. The van der Waals surface area contributed by atoms with Gasteiger partial charge in [0.2, 0.25) is 5.91 Å². The van der Waals surface area contributed by atoms with Crippen molar-refractivity contribution in [2.75, 3.05) is 18.9 Å². The highest BCUT2D eigenvalue weighted by Crippen LogP contribution is 2.09. The van der Waals surface area contributed by atoms with Crippen molar-refractivity contribution in [3.05, 3.63) is 12.4 Å². The van der Waals surface area contributed by atoms with E-state index in [2.05, 4.69) is 22.7 Å². The Morgan fingerprint density at radius 3 is 2.48 bits per heavy atom. The minimum absolute atomic E-state index is 0.0345. The average molecular weight is 294 g/mol. The second-order valence-corrected chi connectivity index (χ2v) is 5.50. The van der Waals surface area contributed by atoms with Gasteiger partial charge in [0.15, 0.2) is 0 Å². The van der Waals surface area contributed by atoms with E-state index >= 15 is 0 Å². The molecule has 1 aromatic heterocycles. The highest BCUT2D eigenvalue weighted by atomic mass is 16.1. The molecule has 0 atom stereocenters. The fourth-order valence-corrected chi connectivity index (χ4v) is 2.26. The zero-order chi connectivity index (χ0) is 15.3. The molecule has 0 bridgehead atoms. The molecule has 0 fully saturated rings. The molecular weight excluding hydrogens is 264 g/mol. The van der Waals surface area contributed by atoms with Gasteiger partial charge < -0.3 is 10.6 Å². The summed E-state index contributed by atoms with van der Waals surface area (Å²) >= 11 is 0. The summed E-state index contributed by atoms with van der Waals surface area (Å²) in [5.41, 5.74) is 0.988. The number of nitrogens with zero attached hydrogens (tertiary/aromatic N) is 2. The van der Waals surface area contributed by atoms with Gasteiger partial charge in [-0.25, -0.2) is 0 Å². The highest BCUT2D eigenvalue weighted by molar-refractivity contribution is 5.75. The first kappa shape index (κ1) is 17.5. The van der Waals surface area contributed by atoms with Gasteiger partial charge in [0, 0.05) is 19.8 Å². The molecule has 0 unspecified atom stereocenters. The molecule has 0 saturated carbocycles. The summed E-state index contributed by atoms with van der Waals surface area (Å²) in [6, 6.07) is 0. The van der Waals surface area contributed by atoms with Crippen molar-refractivity contribution >= 4 is 11.6 Å². The Morgan fingerprint density at radius 1 is 1.14 bits per heavy atom. The number of nitrogens with one attached hydrogen (secondary N) is 2. The van der Waals surface area contributed by atoms with Gasteiger partial charge in [-0.1, -0.05) is 51.9 Å². The fourth-order valence-electron chi connectivity index (χ4n) is 2.26. The number of carbonyl (C=O) groups is 1. The number of hydrogen-bond donors (Lipinski definition) is 2. The number of hydrogen-bond acceptors (Lipinski definition) is 3. The lowest BCUT2D eigenvalue weighted by Crippen LogP contribution is -2.23. The molecular formula is C16H30N4O. The quantitative estimate of drug-likeness (QED) is 0.582. The Labute approximate surface area is 128 Å². The summed E-state index contributed by atoms with van der Waals surface area (Å²) in [6.07, 6.45) is 14.3. The van der Waals surface area contributed by atoms with Gasteiger partial charge in [0.1, 0.15) is 6.54 Å². The van der Waals surface area contributed by atoms with E-state index in [9.17, 15) is 4.79 Å². The Balaban J connectivity index is 2.01. The Kier molecular flexibility index (Phi) is 9.33.